The van der Waals surface area contributed by atoms with Gasteiger partial charge in [-0.3, -0.25) is 0 Å². The molecule has 0 amide bonds. The van der Waals surface area contributed by atoms with Crippen molar-refractivity contribution in [3.05, 3.63) is 64.3 Å². The Balaban J connectivity index is 3.04. The molecule has 0 spiro atoms. The normalized spacial score (nSPS) is 11.3. The summed E-state index contributed by atoms with van der Waals surface area (Å²) in [4.78, 5) is 0. The quantitative estimate of drug-likeness (QED) is 0.793. The van der Waals surface area contributed by atoms with E-state index in [1.807, 2.05) is 5.41 Å². The molecule has 90 valence electrons. The van der Waals surface area contributed by atoms with Crippen molar-refractivity contribution in [2.75, 3.05) is 0 Å². The minimum absolute atomic E-state index is 0.114. The Bertz CT molecular complexity index is 468. The number of nitrogens with two attached hydrogens (primary N) is 1. The van der Waals surface area contributed by atoms with E-state index in [1.165, 1.54) is 23.9 Å². The average molecular weight is 270 g/mol. The minimum Gasteiger partial charge on any atom is -0.394 e. The molecule has 0 unspecified atom stereocenters. The summed E-state index contributed by atoms with van der Waals surface area (Å²) < 4.78 is 13.3. The summed E-state index contributed by atoms with van der Waals surface area (Å²) in [6.07, 6.45) is 2.37. The van der Waals surface area contributed by atoms with Gasteiger partial charge in [0.05, 0.1) is 10.1 Å². The summed E-state index contributed by atoms with van der Waals surface area (Å²) in [5, 5.41) is 2.44. The van der Waals surface area contributed by atoms with Crippen LogP contribution in [0.15, 0.2) is 47.9 Å². The Morgan fingerprint density at radius 3 is 2.76 bits per heavy atom. The number of hydrogen-bond acceptors (Lipinski definition) is 2. The molecule has 0 aliphatic heterocycles. The van der Waals surface area contributed by atoms with Gasteiger partial charge in [-0.1, -0.05) is 42.1 Å². The first-order valence-corrected chi connectivity index (χ1v) is 6.16. The molecule has 4 heteroatoms. The van der Waals surface area contributed by atoms with Crippen LogP contribution in [0.2, 0.25) is 5.02 Å². The van der Waals surface area contributed by atoms with Gasteiger partial charge in [0, 0.05) is 0 Å². The first kappa shape index (κ1) is 13.9. The maximum absolute atomic E-state index is 13.3. The summed E-state index contributed by atoms with van der Waals surface area (Å²) in [5.41, 5.74) is 7.16. The van der Waals surface area contributed by atoms with E-state index < -0.39 is 5.82 Å². The van der Waals surface area contributed by atoms with E-state index in [2.05, 4.69) is 13.2 Å². The van der Waals surface area contributed by atoms with Gasteiger partial charge in [-0.2, -0.15) is 0 Å². The highest BCUT2D eigenvalue weighted by Crippen LogP contribution is 2.26. The van der Waals surface area contributed by atoms with E-state index in [1.54, 1.807) is 12.1 Å². The molecule has 1 aromatic rings. The molecule has 0 fully saturated rings. The molecular weight excluding hydrogens is 257 g/mol. The van der Waals surface area contributed by atoms with Gasteiger partial charge in [-0.25, -0.2) is 4.39 Å². The van der Waals surface area contributed by atoms with E-state index in [9.17, 15) is 4.39 Å². The van der Waals surface area contributed by atoms with Crippen molar-refractivity contribution < 1.29 is 4.39 Å². The molecule has 1 nitrogen and oxygen atoms in total. The summed E-state index contributed by atoms with van der Waals surface area (Å²) in [5.74, 6) is -0.435. The van der Waals surface area contributed by atoms with Gasteiger partial charge in [0.2, 0.25) is 0 Å². The van der Waals surface area contributed by atoms with Gasteiger partial charge in [0.15, 0.2) is 0 Å². The van der Waals surface area contributed by atoms with Crippen LogP contribution in [0.5, 0.6) is 0 Å². The van der Waals surface area contributed by atoms with Crippen molar-refractivity contribution in [1.29, 1.82) is 0 Å². The maximum Gasteiger partial charge on any atom is 0.142 e. The predicted molar refractivity (Wildman–Crippen MR) is 75.1 cm³/mol. The first-order valence-electron chi connectivity index (χ1n) is 4.91. The molecule has 0 atom stereocenters. The lowest BCUT2D eigenvalue weighted by molar-refractivity contribution is 0.628. The summed E-state index contributed by atoms with van der Waals surface area (Å²) in [7, 11) is 0. The van der Waals surface area contributed by atoms with Crippen LogP contribution in [0, 0.1) is 5.82 Å². The van der Waals surface area contributed by atoms with Crippen molar-refractivity contribution >= 4 is 28.9 Å². The zero-order chi connectivity index (χ0) is 12.8. The van der Waals surface area contributed by atoms with Crippen molar-refractivity contribution in [2.24, 2.45) is 5.73 Å². The van der Waals surface area contributed by atoms with Gasteiger partial charge in [0.25, 0.3) is 0 Å². The fourth-order valence-corrected chi connectivity index (χ4v) is 1.88. The van der Waals surface area contributed by atoms with Crippen LogP contribution in [0.4, 0.5) is 4.39 Å². The number of halogens is 2. The van der Waals surface area contributed by atoms with E-state index in [0.717, 1.165) is 11.1 Å². The molecular formula is C13H13ClFNS. The van der Waals surface area contributed by atoms with Crippen molar-refractivity contribution in [1.82, 2.24) is 0 Å². The predicted octanol–water partition coefficient (Wildman–Crippen LogP) is 4.56. The monoisotopic (exact) mass is 269 g/mol. The smallest absolute Gasteiger partial charge is 0.142 e. The molecule has 1 rings (SSSR count). The number of allylic oxidation sites excluding steroid dienone is 2. The maximum atomic E-state index is 13.3. The molecule has 0 saturated heterocycles. The zero-order valence-electron chi connectivity index (χ0n) is 9.25. The Morgan fingerprint density at radius 1 is 1.53 bits per heavy atom. The second kappa shape index (κ2) is 6.52. The lowest BCUT2D eigenvalue weighted by atomic mass is 10.0. The summed E-state index contributed by atoms with van der Waals surface area (Å²) >= 11 is 6.94. The third-order valence-corrected chi connectivity index (χ3v) is 3.02. The lowest BCUT2D eigenvalue weighted by Crippen LogP contribution is -1.89. The topological polar surface area (TPSA) is 26.0 Å². The zero-order valence-corrected chi connectivity index (χ0v) is 10.8. The largest absolute Gasteiger partial charge is 0.394 e. The fraction of sp³-hybridized carbons (Fsp3) is 0.0769. The molecule has 2 N–H and O–H groups in total. The highest BCUT2D eigenvalue weighted by Gasteiger charge is 2.05. The van der Waals surface area contributed by atoms with Gasteiger partial charge in [0.1, 0.15) is 5.82 Å². The van der Waals surface area contributed by atoms with Crippen LogP contribution in [0.3, 0.4) is 0 Å². The van der Waals surface area contributed by atoms with Gasteiger partial charge in [-0.15, -0.1) is 6.58 Å². The highest BCUT2D eigenvalue weighted by atomic mass is 35.5. The van der Waals surface area contributed by atoms with E-state index >= 15 is 0 Å². The van der Waals surface area contributed by atoms with E-state index in [-0.39, 0.29) is 5.02 Å². The first-order chi connectivity index (χ1) is 8.04. The van der Waals surface area contributed by atoms with Crippen LogP contribution >= 0.6 is 23.4 Å². The Hall–Kier alpha value is -1.19. The highest BCUT2D eigenvalue weighted by molar-refractivity contribution is 8.05. The molecule has 1 aromatic carbocycles. The fourth-order valence-electron chi connectivity index (χ4n) is 1.23. The molecule has 17 heavy (non-hydrogen) atoms. The van der Waals surface area contributed by atoms with Crippen LogP contribution in [-0.2, 0) is 0 Å². The van der Waals surface area contributed by atoms with Crippen LogP contribution in [0.25, 0.3) is 5.57 Å². The third-order valence-electron chi connectivity index (χ3n) is 2.01. The average Bonchev–Trinajstić information content (AvgIpc) is 2.28. The Morgan fingerprint density at radius 2 is 2.24 bits per heavy atom. The number of benzene rings is 1. The van der Waals surface area contributed by atoms with Crippen LogP contribution in [-0.4, -0.2) is 0 Å². The van der Waals surface area contributed by atoms with Gasteiger partial charge >= 0.3 is 0 Å². The standard InChI is InChI=1S/C13H13ClFNS/c1-3-4-11(8-17-9(2)16)10-5-6-12(14)13(15)7-10/h3,5-8H,1-2,4,16H2/b11-8+. The third kappa shape index (κ3) is 4.29. The molecule has 0 aliphatic carbocycles. The van der Waals surface area contributed by atoms with Crippen LogP contribution in [0.1, 0.15) is 12.0 Å². The molecule has 0 heterocycles. The second-order valence-corrected chi connectivity index (χ2v) is 4.75. The van der Waals surface area contributed by atoms with Crippen molar-refractivity contribution in [3.63, 3.8) is 0 Å². The number of thioether (sulfide) groups is 1. The summed E-state index contributed by atoms with van der Waals surface area (Å²) in [6.45, 7) is 7.26. The number of hydrogen-bond donors (Lipinski definition) is 1. The molecule has 0 aliphatic rings. The SMILES string of the molecule is C=CC/C(=C\SC(=C)N)c1ccc(Cl)c(F)c1. The molecule has 0 aromatic heterocycles. The molecule has 0 bridgehead atoms. The lowest BCUT2D eigenvalue weighted by Gasteiger charge is -2.06. The van der Waals surface area contributed by atoms with Crippen molar-refractivity contribution in [2.45, 2.75) is 6.42 Å². The molecule has 0 saturated carbocycles. The Kier molecular flexibility index (Phi) is 5.32. The molecule has 0 radical (unpaired) electrons. The second-order valence-electron chi connectivity index (χ2n) is 3.35. The van der Waals surface area contributed by atoms with E-state index in [4.69, 9.17) is 17.3 Å². The van der Waals surface area contributed by atoms with Gasteiger partial charge in [-0.05, 0) is 35.1 Å². The van der Waals surface area contributed by atoms with Crippen LogP contribution < -0.4 is 5.73 Å². The van der Waals surface area contributed by atoms with Crippen molar-refractivity contribution in [3.8, 4) is 0 Å². The van der Waals surface area contributed by atoms with Gasteiger partial charge < -0.3 is 5.73 Å². The number of rotatable bonds is 5. The van der Waals surface area contributed by atoms with E-state index in [0.29, 0.717) is 11.4 Å². The Labute approximate surface area is 110 Å². The summed E-state index contributed by atoms with van der Waals surface area (Å²) in [6, 6.07) is 4.70. The minimum atomic E-state index is -0.435.